The Morgan fingerprint density at radius 1 is 1.32 bits per heavy atom. The largest absolute Gasteiger partial charge is 0.462 e. The number of rotatable bonds is 3. The zero-order valence-corrected chi connectivity index (χ0v) is 16.3. The zero-order valence-electron chi connectivity index (χ0n) is 16.3. The quantitative estimate of drug-likeness (QED) is 0.721. The van der Waals surface area contributed by atoms with Crippen LogP contribution in [0.3, 0.4) is 0 Å². The van der Waals surface area contributed by atoms with Crippen LogP contribution in [0.15, 0.2) is 21.9 Å². The van der Waals surface area contributed by atoms with E-state index >= 15 is 0 Å². The van der Waals surface area contributed by atoms with E-state index in [2.05, 4.69) is 4.98 Å². The molecule has 10 nitrogen and oxygen atoms in total. The second-order valence-electron chi connectivity index (χ2n) is 8.31. The van der Waals surface area contributed by atoms with Crippen molar-refractivity contribution < 1.29 is 23.7 Å². The third-order valence-electron chi connectivity index (χ3n) is 4.55. The number of fused-ring (bicyclic) bond motifs is 1. The molecule has 2 saturated heterocycles. The Morgan fingerprint density at radius 2 is 2.00 bits per heavy atom. The van der Waals surface area contributed by atoms with Gasteiger partial charge in [0.1, 0.15) is 24.9 Å². The molecule has 152 valence electrons. The van der Waals surface area contributed by atoms with Gasteiger partial charge in [0.15, 0.2) is 11.9 Å². The summed E-state index contributed by atoms with van der Waals surface area (Å²) in [6, 6.07) is 3.09. The molecule has 0 radical (unpaired) electrons. The van der Waals surface area contributed by atoms with Gasteiger partial charge in [-0.2, -0.15) is 5.26 Å². The van der Waals surface area contributed by atoms with E-state index in [9.17, 15) is 19.6 Å². The van der Waals surface area contributed by atoms with Crippen LogP contribution in [-0.4, -0.2) is 46.2 Å². The Labute approximate surface area is 161 Å². The molecule has 4 atom stereocenters. The van der Waals surface area contributed by atoms with Gasteiger partial charge in [-0.05, 0) is 34.6 Å². The number of aromatic amines is 1. The number of esters is 1. The number of nitrogens with zero attached hydrogens (tertiary/aromatic N) is 2. The Morgan fingerprint density at radius 3 is 2.57 bits per heavy atom. The molecule has 2 aliphatic rings. The van der Waals surface area contributed by atoms with Crippen molar-refractivity contribution in [2.24, 2.45) is 5.41 Å². The van der Waals surface area contributed by atoms with E-state index in [1.807, 2.05) is 6.07 Å². The maximum absolute atomic E-state index is 12.3. The van der Waals surface area contributed by atoms with Crippen molar-refractivity contribution in [1.82, 2.24) is 9.55 Å². The highest BCUT2D eigenvalue weighted by atomic mass is 16.8. The second kappa shape index (κ2) is 6.55. The van der Waals surface area contributed by atoms with Gasteiger partial charge in [0.25, 0.3) is 11.3 Å². The Balaban J connectivity index is 1.98. The predicted molar refractivity (Wildman–Crippen MR) is 94.0 cm³/mol. The molecular weight excluding hydrogens is 370 g/mol. The number of nitrogens with one attached hydrogen (secondary N) is 1. The van der Waals surface area contributed by atoms with Crippen LogP contribution in [0.5, 0.6) is 0 Å². The molecule has 0 saturated carbocycles. The monoisotopic (exact) mass is 393 g/mol. The highest BCUT2D eigenvalue weighted by Crippen LogP contribution is 2.46. The molecule has 4 unspecified atom stereocenters. The molecule has 2 fully saturated rings. The first-order valence-corrected chi connectivity index (χ1v) is 8.84. The van der Waals surface area contributed by atoms with Crippen LogP contribution < -0.4 is 11.2 Å². The minimum atomic E-state index is -1.89. The second-order valence-corrected chi connectivity index (χ2v) is 8.31. The summed E-state index contributed by atoms with van der Waals surface area (Å²) < 4.78 is 23.9. The van der Waals surface area contributed by atoms with Gasteiger partial charge in [0.2, 0.25) is 0 Å². The van der Waals surface area contributed by atoms with Gasteiger partial charge in [0, 0.05) is 12.3 Å². The van der Waals surface area contributed by atoms with E-state index in [0.717, 1.165) is 10.6 Å². The third kappa shape index (κ3) is 3.37. The van der Waals surface area contributed by atoms with Crippen LogP contribution in [0.4, 0.5) is 0 Å². The van der Waals surface area contributed by atoms with Gasteiger partial charge in [-0.1, -0.05) is 0 Å². The number of carbonyl (C=O) groups excluding carboxylic acids is 1. The number of nitriles is 1. The van der Waals surface area contributed by atoms with Gasteiger partial charge < -0.3 is 18.9 Å². The Hall–Kier alpha value is -2.48. The molecule has 0 bridgehead atoms. The predicted octanol–water partition coefficient (Wildman–Crippen LogP) is 0.221. The molecule has 0 spiro atoms. The average Bonchev–Trinajstić information content (AvgIpc) is 3.04. The van der Waals surface area contributed by atoms with Gasteiger partial charge in [-0.3, -0.25) is 19.1 Å². The van der Waals surface area contributed by atoms with Crippen LogP contribution in [0.1, 0.15) is 34.6 Å². The number of H-pyrrole nitrogens is 1. The fraction of sp³-hybridized carbons (Fsp3) is 0.667. The topological polar surface area (TPSA) is 133 Å². The normalized spacial score (nSPS) is 31.2. The van der Waals surface area contributed by atoms with Crippen molar-refractivity contribution >= 4 is 5.97 Å². The maximum Gasteiger partial charge on any atom is 0.331 e. The van der Waals surface area contributed by atoms with E-state index in [4.69, 9.17) is 18.9 Å². The summed E-state index contributed by atoms with van der Waals surface area (Å²) in [6.07, 6.45) is -1.42. The molecule has 0 aromatic carbocycles. The molecule has 0 aliphatic carbocycles. The molecule has 2 aliphatic heterocycles. The summed E-state index contributed by atoms with van der Waals surface area (Å²) >= 11 is 0. The summed E-state index contributed by atoms with van der Waals surface area (Å²) in [5.74, 6) is -1.49. The fourth-order valence-electron chi connectivity index (χ4n) is 3.25. The molecule has 28 heavy (non-hydrogen) atoms. The molecule has 3 heterocycles. The highest BCUT2D eigenvalue weighted by Gasteiger charge is 2.65. The SMILES string of the molecule is CC1(C)OC2C(COC(=O)C(C)(C)C)OC(C#N)(n3ccc(=O)[nH]c3=O)C2O1. The van der Waals surface area contributed by atoms with Crippen LogP contribution in [0.2, 0.25) is 0 Å². The van der Waals surface area contributed by atoms with Crippen molar-refractivity contribution in [3.05, 3.63) is 33.1 Å². The van der Waals surface area contributed by atoms with E-state index < -0.39 is 52.5 Å². The zero-order chi connectivity index (χ0) is 20.9. The Kier molecular flexibility index (Phi) is 4.74. The van der Waals surface area contributed by atoms with Crippen molar-refractivity contribution in [2.75, 3.05) is 6.61 Å². The lowest BCUT2D eigenvalue weighted by Crippen LogP contribution is -2.50. The van der Waals surface area contributed by atoms with Crippen molar-refractivity contribution in [2.45, 2.75) is 64.4 Å². The first-order valence-electron chi connectivity index (χ1n) is 8.84. The molecule has 3 rings (SSSR count). The van der Waals surface area contributed by atoms with Crippen LogP contribution in [0, 0.1) is 16.7 Å². The van der Waals surface area contributed by atoms with Crippen LogP contribution in [0.25, 0.3) is 0 Å². The first-order chi connectivity index (χ1) is 12.9. The molecule has 1 N–H and O–H groups in total. The van der Waals surface area contributed by atoms with Crippen LogP contribution in [-0.2, 0) is 29.5 Å². The van der Waals surface area contributed by atoms with Gasteiger partial charge >= 0.3 is 11.7 Å². The molecule has 0 amide bonds. The Bertz CT molecular complexity index is 936. The summed E-state index contributed by atoms with van der Waals surface area (Å²) in [4.78, 5) is 38.0. The minimum Gasteiger partial charge on any atom is -0.462 e. The lowest BCUT2D eigenvalue weighted by molar-refractivity contribution is -0.221. The van der Waals surface area contributed by atoms with E-state index in [-0.39, 0.29) is 6.61 Å². The number of ether oxygens (including phenoxy) is 4. The lowest BCUT2D eigenvalue weighted by Gasteiger charge is -2.30. The van der Waals surface area contributed by atoms with Gasteiger partial charge in [0.05, 0.1) is 5.41 Å². The molecule has 1 aromatic rings. The van der Waals surface area contributed by atoms with Gasteiger partial charge in [-0.25, -0.2) is 4.79 Å². The standard InChI is InChI=1S/C18H23N3O7/c1-16(2,3)14(23)25-8-10-12-13(28-17(4,5)27-12)18(9-19,26-10)21-7-6-11(22)20-15(21)24/h6-7,10,12-13H,8H2,1-5H3,(H,20,22,24). The van der Waals surface area contributed by atoms with Crippen LogP contribution >= 0.6 is 0 Å². The first kappa shape index (κ1) is 20.3. The lowest BCUT2D eigenvalue weighted by atomic mass is 9.97. The number of hydrogen-bond donors (Lipinski definition) is 1. The number of hydrogen-bond acceptors (Lipinski definition) is 8. The van der Waals surface area contributed by atoms with E-state index in [1.165, 1.54) is 6.20 Å². The summed E-state index contributed by atoms with van der Waals surface area (Å²) in [5, 5.41) is 9.94. The number of aromatic nitrogens is 2. The van der Waals surface area contributed by atoms with E-state index in [1.54, 1.807) is 34.6 Å². The summed E-state index contributed by atoms with van der Waals surface area (Å²) in [6.45, 7) is 8.29. The van der Waals surface area contributed by atoms with Crippen molar-refractivity contribution in [3.8, 4) is 6.07 Å². The van der Waals surface area contributed by atoms with E-state index in [0.29, 0.717) is 0 Å². The van der Waals surface area contributed by atoms with Gasteiger partial charge in [-0.15, -0.1) is 0 Å². The smallest absolute Gasteiger partial charge is 0.331 e. The minimum absolute atomic E-state index is 0.182. The molecule has 10 heteroatoms. The number of carbonyl (C=O) groups is 1. The third-order valence-corrected chi connectivity index (χ3v) is 4.55. The summed E-state index contributed by atoms with van der Waals surface area (Å²) in [5.41, 5.74) is -4.04. The maximum atomic E-state index is 12.3. The fourth-order valence-corrected chi connectivity index (χ4v) is 3.25. The summed E-state index contributed by atoms with van der Waals surface area (Å²) in [7, 11) is 0. The van der Waals surface area contributed by atoms with Crippen molar-refractivity contribution in [1.29, 1.82) is 5.26 Å². The highest BCUT2D eigenvalue weighted by molar-refractivity contribution is 5.75. The molecule has 1 aromatic heterocycles. The van der Waals surface area contributed by atoms with Crippen molar-refractivity contribution in [3.63, 3.8) is 0 Å². The average molecular weight is 393 g/mol. The molecular formula is C18H23N3O7.